The summed E-state index contributed by atoms with van der Waals surface area (Å²) in [4.78, 5) is 6.96. The molecule has 1 aromatic heterocycles. The van der Waals surface area contributed by atoms with Gasteiger partial charge in [-0.3, -0.25) is 9.88 Å². The van der Waals surface area contributed by atoms with Gasteiger partial charge in [0.25, 0.3) is 0 Å². The Morgan fingerprint density at radius 3 is 2.61 bits per heavy atom. The number of aromatic nitrogens is 1. The first-order valence-corrected chi connectivity index (χ1v) is 7.03. The van der Waals surface area contributed by atoms with E-state index in [0.29, 0.717) is 12.0 Å². The Kier molecular flexibility index (Phi) is 4.36. The number of rotatable bonds is 4. The highest BCUT2D eigenvalue weighted by atomic mass is 15.2. The van der Waals surface area contributed by atoms with Gasteiger partial charge in [0.15, 0.2) is 0 Å². The second-order valence-corrected chi connectivity index (χ2v) is 5.71. The molecule has 1 unspecified atom stereocenters. The molecular weight excluding hydrogens is 222 g/mol. The van der Waals surface area contributed by atoms with Crippen LogP contribution in [0.15, 0.2) is 24.4 Å². The molecule has 1 fully saturated rings. The highest BCUT2D eigenvalue weighted by Crippen LogP contribution is 2.36. The minimum atomic E-state index is 0.285. The molecular formula is C15H25N3. The molecule has 1 aliphatic heterocycles. The van der Waals surface area contributed by atoms with Gasteiger partial charge in [0.05, 0.1) is 11.7 Å². The largest absolute Gasteiger partial charge is 0.329 e. The van der Waals surface area contributed by atoms with Crippen LogP contribution >= 0.6 is 0 Å². The van der Waals surface area contributed by atoms with Crippen molar-refractivity contribution in [2.75, 3.05) is 19.6 Å². The molecule has 0 aromatic carbocycles. The fourth-order valence-electron chi connectivity index (χ4n) is 2.76. The lowest BCUT2D eigenvalue weighted by Crippen LogP contribution is -2.43. The maximum absolute atomic E-state index is 5.95. The molecule has 1 saturated heterocycles. The van der Waals surface area contributed by atoms with E-state index in [1.807, 2.05) is 18.3 Å². The number of pyridine rings is 1. The van der Waals surface area contributed by atoms with E-state index in [1.54, 1.807) is 0 Å². The molecule has 0 radical (unpaired) electrons. The Morgan fingerprint density at radius 2 is 2.11 bits per heavy atom. The number of piperidine rings is 1. The van der Waals surface area contributed by atoms with Crippen molar-refractivity contribution >= 4 is 0 Å². The van der Waals surface area contributed by atoms with Crippen LogP contribution in [0.4, 0.5) is 0 Å². The summed E-state index contributed by atoms with van der Waals surface area (Å²) in [7, 11) is 0. The molecule has 0 bridgehead atoms. The number of likely N-dealkylation sites (tertiary alicyclic amines) is 1. The molecule has 2 N–H and O–H groups in total. The zero-order valence-electron chi connectivity index (χ0n) is 11.6. The predicted molar refractivity (Wildman–Crippen MR) is 75.2 cm³/mol. The molecule has 18 heavy (non-hydrogen) atoms. The lowest BCUT2D eigenvalue weighted by Gasteiger charge is -2.42. The lowest BCUT2D eigenvalue weighted by atomic mass is 9.78. The number of nitrogens with zero attached hydrogens (tertiary/aromatic N) is 2. The van der Waals surface area contributed by atoms with E-state index < -0.39 is 0 Å². The summed E-state index contributed by atoms with van der Waals surface area (Å²) in [6.45, 7) is 7.64. The van der Waals surface area contributed by atoms with Gasteiger partial charge in [-0.15, -0.1) is 0 Å². The van der Waals surface area contributed by atoms with Gasteiger partial charge in [0.2, 0.25) is 0 Å². The SMILES string of the molecule is CCC1(C)CCN(C(CN)c2ccccn2)CC1. The van der Waals surface area contributed by atoms with E-state index in [2.05, 4.69) is 29.8 Å². The highest BCUT2D eigenvalue weighted by Gasteiger charge is 2.31. The monoisotopic (exact) mass is 247 g/mol. The van der Waals surface area contributed by atoms with Crippen molar-refractivity contribution in [2.24, 2.45) is 11.1 Å². The first-order chi connectivity index (χ1) is 8.68. The van der Waals surface area contributed by atoms with E-state index in [1.165, 1.54) is 19.3 Å². The molecule has 100 valence electrons. The predicted octanol–water partition coefficient (Wildman–Crippen LogP) is 2.59. The summed E-state index contributed by atoms with van der Waals surface area (Å²) in [6, 6.07) is 6.38. The van der Waals surface area contributed by atoms with Crippen LogP contribution in [0.3, 0.4) is 0 Å². The molecule has 3 heteroatoms. The van der Waals surface area contributed by atoms with E-state index in [9.17, 15) is 0 Å². The van der Waals surface area contributed by atoms with Crippen molar-refractivity contribution < 1.29 is 0 Å². The molecule has 1 atom stereocenters. The van der Waals surface area contributed by atoms with Gasteiger partial charge in [0.1, 0.15) is 0 Å². The van der Waals surface area contributed by atoms with Crippen molar-refractivity contribution in [3.05, 3.63) is 30.1 Å². The molecule has 2 rings (SSSR count). The minimum Gasteiger partial charge on any atom is -0.329 e. The van der Waals surface area contributed by atoms with Crippen LogP contribution in [0, 0.1) is 5.41 Å². The first-order valence-electron chi connectivity index (χ1n) is 7.03. The molecule has 0 saturated carbocycles. The van der Waals surface area contributed by atoms with Gasteiger partial charge < -0.3 is 5.73 Å². The van der Waals surface area contributed by atoms with Gasteiger partial charge in [0, 0.05) is 12.7 Å². The van der Waals surface area contributed by atoms with E-state index in [4.69, 9.17) is 5.73 Å². The molecule has 1 aliphatic rings. The van der Waals surface area contributed by atoms with Gasteiger partial charge in [-0.1, -0.05) is 26.3 Å². The Balaban J connectivity index is 2.03. The van der Waals surface area contributed by atoms with Gasteiger partial charge in [-0.05, 0) is 43.5 Å². The number of hydrogen-bond donors (Lipinski definition) is 1. The lowest BCUT2D eigenvalue weighted by molar-refractivity contribution is 0.0814. The number of nitrogens with two attached hydrogens (primary N) is 1. The summed E-state index contributed by atoms with van der Waals surface area (Å²) in [5.41, 5.74) is 7.59. The maximum atomic E-state index is 5.95. The fraction of sp³-hybridized carbons (Fsp3) is 0.667. The molecule has 1 aromatic rings. The normalized spacial score (nSPS) is 21.7. The minimum absolute atomic E-state index is 0.285. The van der Waals surface area contributed by atoms with E-state index >= 15 is 0 Å². The molecule has 3 nitrogen and oxygen atoms in total. The Hall–Kier alpha value is -0.930. The van der Waals surface area contributed by atoms with Crippen molar-refractivity contribution in [2.45, 2.75) is 39.2 Å². The maximum Gasteiger partial charge on any atom is 0.0644 e. The standard InChI is InChI=1S/C15H25N3/c1-3-15(2)7-10-18(11-8-15)14(12-16)13-6-4-5-9-17-13/h4-6,9,14H,3,7-8,10-12,16H2,1-2H3. The molecule has 0 aliphatic carbocycles. The van der Waals surface area contributed by atoms with E-state index in [0.717, 1.165) is 18.8 Å². The van der Waals surface area contributed by atoms with Crippen LogP contribution in [0.2, 0.25) is 0 Å². The highest BCUT2D eigenvalue weighted by molar-refractivity contribution is 5.10. The van der Waals surface area contributed by atoms with Crippen molar-refractivity contribution in [3.8, 4) is 0 Å². The van der Waals surface area contributed by atoms with Crippen LogP contribution in [-0.2, 0) is 0 Å². The van der Waals surface area contributed by atoms with Crippen molar-refractivity contribution in [1.29, 1.82) is 0 Å². The fourth-order valence-corrected chi connectivity index (χ4v) is 2.76. The Bertz CT molecular complexity index is 355. The molecule has 0 spiro atoms. The summed E-state index contributed by atoms with van der Waals surface area (Å²) in [5.74, 6) is 0. The van der Waals surface area contributed by atoms with Crippen LogP contribution in [0.25, 0.3) is 0 Å². The third-order valence-electron chi connectivity index (χ3n) is 4.55. The Morgan fingerprint density at radius 1 is 1.39 bits per heavy atom. The van der Waals surface area contributed by atoms with E-state index in [-0.39, 0.29) is 6.04 Å². The van der Waals surface area contributed by atoms with Crippen molar-refractivity contribution in [3.63, 3.8) is 0 Å². The van der Waals surface area contributed by atoms with Gasteiger partial charge in [-0.25, -0.2) is 0 Å². The summed E-state index contributed by atoms with van der Waals surface area (Å²) < 4.78 is 0. The topological polar surface area (TPSA) is 42.1 Å². The van der Waals surface area contributed by atoms with Crippen LogP contribution in [0.5, 0.6) is 0 Å². The quantitative estimate of drug-likeness (QED) is 0.889. The third kappa shape index (κ3) is 2.90. The second kappa shape index (κ2) is 5.81. The summed E-state index contributed by atoms with van der Waals surface area (Å²) in [5, 5.41) is 0. The number of hydrogen-bond acceptors (Lipinski definition) is 3. The smallest absolute Gasteiger partial charge is 0.0644 e. The molecule has 2 heterocycles. The average Bonchev–Trinajstić information content (AvgIpc) is 2.43. The second-order valence-electron chi connectivity index (χ2n) is 5.71. The van der Waals surface area contributed by atoms with Crippen LogP contribution in [-0.4, -0.2) is 29.5 Å². The zero-order valence-corrected chi connectivity index (χ0v) is 11.6. The Labute approximate surface area is 110 Å². The van der Waals surface area contributed by atoms with Crippen LogP contribution < -0.4 is 5.73 Å². The third-order valence-corrected chi connectivity index (χ3v) is 4.55. The summed E-state index contributed by atoms with van der Waals surface area (Å²) >= 11 is 0. The first kappa shape index (κ1) is 13.5. The zero-order chi connectivity index (χ0) is 13.0. The molecule has 0 amide bonds. The average molecular weight is 247 g/mol. The van der Waals surface area contributed by atoms with Gasteiger partial charge >= 0.3 is 0 Å². The van der Waals surface area contributed by atoms with Crippen molar-refractivity contribution in [1.82, 2.24) is 9.88 Å². The van der Waals surface area contributed by atoms with Gasteiger partial charge in [-0.2, -0.15) is 0 Å². The summed E-state index contributed by atoms with van der Waals surface area (Å²) in [6.07, 6.45) is 5.68. The van der Waals surface area contributed by atoms with Crippen LogP contribution in [0.1, 0.15) is 44.8 Å².